The number of rotatable bonds is 4. The van der Waals surface area contributed by atoms with E-state index in [0.717, 1.165) is 11.6 Å². The van der Waals surface area contributed by atoms with E-state index in [1.807, 2.05) is 12.1 Å². The van der Waals surface area contributed by atoms with Gasteiger partial charge in [-0.3, -0.25) is 0 Å². The van der Waals surface area contributed by atoms with Gasteiger partial charge in [0.15, 0.2) is 0 Å². The van der Waals surface area contributed by atoms with E-state index in [4.69, 9.17) is 5.73 Å². The Morgan fingerprint density at radius 2 is 1.95 bits per heavy atom. The molecule has 0 aliphatic heterocycles. The highest BCUT2D eigenvalue weighted by atomic mass is 14.9. The SMILES string of the molecule is CC1=C(NC(C)c2ccccc2N)C=C(C2CC2)C(C)C1. The smallest absolute Gasteiger partial charge is 0.0505 e. The van der Waals surface area contributed by atoms with E-state index in [0.29, 0.717) is 5.92 Å². The van der Waals surface area contributed by atoms with Gasteiger partial charge in [0.05, 0.1) is 6.04 Å². The largest absolute Gasteiger partial charge is 0.398 e. The lowest BCUT2D eigenvalue weighted by molar-refractivity contribution is 0.584. The minimum Gasteiger partial charge on any atom is -0.398 e. The van der Waals surface area contributed by atoms with Gasteiger partial charge in [0.25, 0.3) is 0 Å². The number of nitrogens with one attached hydrogen (secondary N) is 1. The zero-order valence-corrected chi connectivity index (χ0v) is 13.3. The molecule has 1 aromatic carbocycles. The van der Waals surface area contributed by atoms with Crippen molar-refractivity contribution in [1.29, 1.82) is 0 Å². The van der Waals surface area contributed by atoms with Crippen LogP contribution in [0.1, 0.15) is 51.6 Å². The number of para-hydroxylation sites is 1. The first-order valence-corrected chi connectivity index (χ1v) is 8.08. The molecule has 0 bridgehead atoms. The molecule has 2 aliphatic rings. The molecular formula is C19H26N2. The van der Waals surface area contributed by atoms with Crippen molar-refractivity contribution in [2.45, 2.75) is 46.1 Å². The van der Waals surface area contributed by atoms with Crippen LogP contribution in [0.5, 0.6) is 0 Å². The molecule has 2 heteroatoms. The minimum atomic E-state index is 0.237. The highest BCUT2D eigenvalue weighted by Crippen LogP contribution is 2.44. The maximum atomic E-state index is 6.10. The summed E-state index contributed by atoms with van der Waals surface area (Å²) in [7, 11) is 0. The van der Waals surface area contributed by atoms with Crippen molar-refractivity contribution in [3.63, 3.8) is 0 Å². The molecule has 0 radical (unpaired) electrons. The van der Waals surface area contributed by atoms with Gasteiger partial charge in [-0.1, -0.05) is 30.7 Å². The molecule has 112 valence electrons. The van der Waals surface area contributed by atoms with Gasteiger partial charge in [0.2, 0.25) is 0 Å². The summed E-state index contributed by atoms with van der Waals surface area (Å²) in [6.45, 7) is 6.80. The van der Waals surface area contributed by atoms with Crippen LogP contribution in [-0.2, 0) is 0 Å². The number of nitrogen functional groups attached to an aromatic ring is 1. The first-order chi connectivity index (χ1) is 10.1. The molecule has 0 saturated heterocycles. The minimum absolute atomic E-state index is 0.237. The zero-order chi connectivity index (χ0) is 15.0. The monoisotopic (exact) mass is 282 g/mol. The Hall–Kier alpha value is -1.70. The lowest BCUT2D eigenvalue weighted by Crippen LogP contribution is -2.23. The molecule has 0 spiro atoms. The molecule has 2 nitrogen and oxygen atoms in total. The fourth-order valence-corrected chi connectivity index (χ4v) is 3.44. The standard InChI is InChI=1S/C19H26N2/c1-12-10-13(2)19(11-17(12)15-8-9-15)21-14(3)16-6-4-5-7-18(16)20/h4-7,11-12,14-15,21H,8-10,20H2,1-3H3. The summed E-state index contributed by atoms with van der Waals surface area (Å²) < 4.78 is 0. The molecule has 1 aromatic rings. The van der Waals surface area contributed by atoms with Crippen LogP contribution in [-0.4, -0.2) is 0 Å². The number of allylic oxidation sites excluding steroid dienone is 3. The molecule has 0 amide bonds. The van der Waals surface area contributed by atoms with E-state index in [1.54, 1.807) is 5.57 Å². The Morgan fingerprint density at radius 3 is 2.62 bits per heavy atom. The highest BCUT2D eigenvalue weighted by molar-refractivity contribution is 5.48. The lowest BCUT2D eigenvalue weighted by Gasteiger charge is -2.27. The summed E-state index contributed by atoms with van der Waals surface area (Å²) in [5, 5.41) is 3.68. The summed E-state index contributed by atoms with van der Waals surface area (Å²) in [6.07, 6.45) is 6.35. The second-order valence-electron chi connectivity index (χ2n) is 6.71. The second-order valence-corrected chi connectivity index (χ2v) is 6.71. The summed E-state index contributed by atoms with van der Waals surface area (Å²) in [5.41, 5.74) is 12.6. The van der Waals surface area contributed by atoms with E-state index in [9.17, 15) is 0 Å². The van der Waals surface area contributed by atoms with Gasteiger partial charge in [0, 0.05) is 11.4 Å². The molecule has 0 heterocycles. The molecule has 1 fully saturated rings. The average Bonchev–Trinajstić information content (AvgIpc) is 3.26. The van der Waals surface area contributed by atoms with Crippen LogP contribution in [0.3, 0.4) is 0 Å². The summed E-state index contributed by atoms with van der Waals surface area (Å²) >= 11 is 0. The fraction of sp³-hybridized carbons (Fsp3) is 0.474. The van der Waals surface area contributed by atoms with E-state index in [2.05, 4.69) is 44.3 Å². The van der Waals surface area contributed by atoms with Crippen molar-refractivity contribution in [2.24, 2.45) is 11.8 Å². The third-order valence-corrected chi connectivity index (χ3v) is 4.84. The number of benzene rings is 1. The van der Waals surface area contributed by atoms with Gasteiger partial charge in [-0.25, -0.2) is 0 Å². The fourth-order valence-electron chi connectivity index (χ4n) is 3.44. The lowest BCUT2D eigenvalue weighted by atomic mass is 9.85. The predicted molar refractivity (Wildman–Crippen MR) is 89.7 cm³/mol. The number of hydrogen-bond donors (Lipinski definition) is 2. The van der Waals surface area contributed by atoms with E-state index in [1.165, 1.54) is 36.1 Å². The third kappa shape index (κ3) is 2.99. The first-order valence-electron chi connectivity index (χ1n) is 8.08. The summed E-state index contributed by atoms with van der Waals surface area (Å²) in [5.74, 6) is 1.56. The van der Waals surface area contributed by atoms with Crippen LogP contribution in [0.25, 0.3) is 0 Å². The molecule has 0 aromatic heterocycles. The van der Waals surface area contributed by atoms with Gasteiger partial charge < -0.3 is 11.1 Å². The first kappa shape index (κ1) is 14.2. The summed E-state index contributed by atoms with van der Waals surface area (Å²) in [4.78, 5) is 0. The second kappa shape index (κ2) is 5.59. The van der Waals surface area contributed by atoms with Gasteiger partial charge in [-0.05, 0) is 68.2 Å². The molecular weight excluding hydrogens is 256 g/mol. The maximum Gasteiger partial charge on any atom is 0.0505 e. The van der Waals surface area contributed by atoms with Crippen LogP contribution < -0.4 is 11.1 Å². The Bertz CT molecular complexity index is 593. The molecule has 1 saturated carbocycles. The van der Waals surface area contributed by atoms with E-state index in [-0.39, 0.29) is 6.04 Å². The Balaban J connectivity index is 1.80. The maximum absolute atomic E-state index is 6.10. The van der Waals surface area contributed by atoms with E-state index < -0.39 is 0 Å². The van der Waals surface area contributed by atoms with Crippen molar-refractivity contribution < 1.29 is 0 Å². The van der Waals surface area contributed by atoms with Crippen LogP contribution in [0, 0.1) is 11.8 Å². The van der Waals surface area contributed by atoms with Crippen LogP contribution in [0.2, 0.25) is 0 Å². The van der Waals surface area contributed by atoms with Gasteiger partial charge in [-0.15, -0.1) is 0 Å². The zero-order valence-electron chi connectivity index (χ0n) is 13.3. The van der Waals surface area contributed by atoms with Crippen molar-refractivity contribution >= 4 is 5.69 Å². The molecule has 3 N–H and O–H groups in total. The molecule has 21 heavy (non-hydrogen) atoms. The normalized spacial score (nSPS) is 23.8. The number of anilines is 1. The Kier molecular flexibility index (Phi) is 3.79. The quantitative estimate of drug-likeness (QED) is 0.794. The van der Waals surface area contributed by atoms with Crippen LogP contribution in [0.4, 0.5) is 5.69 Å². The van der Waals surface area contributed by atoms with Crippen molar-refractivity contribution in [3.8, 4) is 0 Å². The molecule has 2 unspecified atom stereocenters. The highest BCUT2D eigenvalue weighted by Gasteiger charge is 2.31. The molecule has 2 atom stereocenters. The third-order valence-electron chi connectivity index (χ3n) is 4.84. The van der Waals surface area contributed by atoms with E-state index >= 15 is 0 Å². The predicted octanol–water partition coefficient (Wildman–Crippen LogP) is 4.57. The summed E-state index contributed by atoms with van der Waals surface area (Å²) in [6, 6.07) is 8.37. The van der Waals surface area contributed by atoms with Gasteiger partial charge >= 0.3 is 0 Å². The topological polar surface area (TPSA) is 38.0 Å². The van der Waals surface area contributed by atoms with Crippen LogP contribution in [0.15, 0.2) is 47.2 Å². The molecule has 2 aliphatic carbocycles. The Morgan fingerprint density at radius 1 is 1.24 bits per heavy atom. The Labute approximate surface area is 128 Å². The van der Waals surface area contributed by atoms with Crippen molar-refractivity contribution in [3.05, 3.63) is 52.7 Å². The average molecular weight is 282 g/mol. The van der Waals surface area contributed by atoms with Crippen LogP contribution >= 0.6 is 0 Å². The van der Waals surface area contributed by atoms with Gasteiger partial charge in [-0.2, -0.15) is 0 Å². The number of hydrogen-bond acceptors (Lipinski definition) is 2. The molecule has 3 rings (SSSR count). The van der Waals surface area contributed by atoms with Crippen molar-refractivity contribution in [2.75, 3.05) is 5.73 Å². The number of nitrogens with two attached hydrogens (primary N) is 1. The van der Waals surface area contributed by atoms with Crippen molar-refractivity contribution in [1.82, 2.24) is 5.32 Å². The van der Waals surface area contributed by atoms with Gasteiger partial charge in [0.1, 0.15) is 0 Å².